The third-order valence-corrected chi connectivity index (χ3v) is 4.85. The number of hydrogen-bond donors (Lipinski definition) is 0. The minimum Gasteiger partial charge on any atom is -0.444 e. The van der Waals surface area contributed by atoms with Gasteiger partial charge in [0.25, 0.3) is 0 Å². The van der Waals surface area contributed by atoms with Crippen LogP contribution in [-0.4, -0.2) is 20.4 Å². The molecule has 0 saturated heterocycles. The molecule has 1 aliphatic heterocycles. The second-order valence-corrected chi connectivity index (χ2v) is 6.51. The lowest BCUT2D eigenvalue weighted by Crippen LogP contribution is -2.39. The first-order chi connectivity index (χ1) is 11.3. The molecule has 118 valence electrons. The molecule has 0 N–H and O–H groups in total. The highest BCUT2D eigenvalue weighted by Gasteiger charge is 2.31. The number of rotatable bonds is 3. The molecular formula is C18H17NO3S. The predicted molar refractivity (Wildman–Crippen MR) is 89.8 cm³/mol. The van der Waals surface area contributed by atoms with Gasteiger partial charge in [0.2, 0.25) is 0 Å². The van der Waals surface area contributed by atoms with E-state index in [9.17, 15) is 9.00 Å². The molecule has 0 saturated carbocycles. The normalized spacial score (nSPS) is 20.3. The van der Waals surface area contributed by atoms with E-state index in [-0.39, 0.29) is 12.6 Å². The third kappa shape index (κ3) is 3.68. The van der Waals surface area contributed by atoms with Gasteiger partial charge in [-0.25, -0.2) is 13.3 Å². The van der Waals surface area contributed by atoms with E-state index in [1.54, 1.807) is 0 Å². The van der Waals surface area contributed by atoms with Gasteiger partial charge in [-0.1, -0.05) is 72.8 Å². The Hall–Kier alpha value is -2.40. The monoisotopic (exact) mass is 327 g/mol. The maximum absolute atomic E-state index is 12.4. The zero-order chi connectivity index (χ0) is 16.1. The lowest BCUT2D eigenvalue weighted by molar-refractivity contribution is 0.115. The van der Waals surface area contributed by atoms with Crippen LogP contribution in [0.5, 0.6) is 0 Å². The van der Waals surface area contributed by atoms with Crippen LogP contribution in [0.15, 0.2) is 72.8 Å². The number of amides is 1. The fourth-order valence-electron chi connectivity index (χ4n) is 2.43. The minimum absolute atomic E-state index is 0.165. The molecule has 1 amide bonds. The quantitative estimate of drug-likeness (QED) is 0.809. The smallest absolute Gasteiger partial charge is 0.422 e. The highest BCUT2D eigenvalue weighted by molar-refractivity contribution is 7.83. The molecule has 2 atom stereocenters. The fraction of sp³-hybridized carbons (Fsp3) is 0.167. The summed E-state index contributed by atoms with van der Waals surface area (Å²) >= 11 is 0. The van der Waals surface area contributed by atoms with Gasteiger partial charge < -0.3 is 4.74 Å². The summed E-state index contributed by atoms with van der Waals surface area (Å²) in [4.78, 5) is 12.4. The maximum atomic E-state index is 12.4. The van der Waals surface area contributed by atoms with Gasteiger partial charge in [0.15, 0.2) is 0 Å². The lowest BCUT2D eigenvalue weighted by Gasteiger charge is -2.30. The first-order valence-electron chi connectivity index (χ1n) is 7.36. The largest absolute Gasteiger partial charge is 0.444 e. The number of carbonyl (C=O) groups excluding carboxylic acids is 1. The molecule has 2 aromatic carbocycles. The van der Waals surface area contributed by atoms with Crippen LogP contribution in [0.25, 0.3) is 0 Å². The Morgan fingerprint density at radius 2 is 1.74 bits per heavy atom. The summed E-state index contributed by atoms with van der Waals surface area (Å²) in [6.07, 6.45) is 3.17. The van der Waals surface area contributed by atoms with Gasteiger partial charge in [-0.2, -0.15) is 0 Å². The minimum atomic E-state index is -1.42. The molecule has 0 aliphatic carbocycles. The Bertz CT molecular complexity index is 716. The molecule has 5 heteroatoms. The zero-order valence-corrected chi connectivity index (χ0v) is 13.3. The van der Waals surface area contributed by atoms with Crippen LogP contribution in [-0.2, 0) is 22.3 Å². The Kier molecular flexibility index (Phi) is 4.88. The molecule has 23 heavy (non-hydrogen) atoms. The second kappa shape index (κ2) is 7.24. The van der Waals surface area contributed by atoms with Crippen molar-refractivity contribution in [2.75, 3.05) is 5.75 Å². The molecule has 1 heterocycles. The molecule has 0 fully saturated rings. The van der Waals surface area contributed by atoms with E-state index in [2.05, 4.69) is 0 Å². The van der Waals surface area contributed by atoms with Crippen molar-refractivity contribution in [1.29, 1.82) is 0 Å². The Morgan fingerprint density at radius 1 is 1.09 bits per heavy atom. The van der Waals surface area contributed by atoms with E-state index < -0.39 is 17.1 Å². The van der Waals surface area contributed by atoms with Crippen molar-refractivity contribution in [2.24, 2.45) is 0 Å². The fourth-order valence-corrected chi connectivity index (χ4v) is 3.53. The summed E-state index contributed by atoms with van der Waals surface area (Å²) in [6, 6.07) is 18.6. The van der Waals surface area contributed by atoms with Crippen LogP contribution >= 0.6 is 0 Å². The van der Waals surface area contributed by atoms with E-state index in [4.69, 9.17) is 4.74 Å². The van der Waals surface area contributed by atoms with E-state index in [0.717, 1.165) is 11.1 Å². The third-order valence-electron chi connectivity index (χ3n) is 3.56. The number of ether oxygens (including phenoxy) is 1. The van der Waals surface area contributed by atoms with Crippen molar-refractivity contribution in [3.05, 3.63) is 83.9 Å². The van der Waals surface area contributed by atoms with Crippen molar-refractivity contribution in [3.8, 4) is 0 Å². The Balaban J connectivity index is 1.76. The molecule has 0 radical (unpaired) electrons. The summed E-state index contributed by atoms with van der Waals surface area (Å²) in [5, 5.41) is 0. The highest BCUT2D eigenvalue weighted by Crippen LogP contribution is 2.28. The van der Waals surface area contributed by atoms with Crippen molar-refractivity contribution in [3.63, 3.8) is 0 Å². The molecule has 0 unspecified atom stereocenters. The SMILES string of the molecule is O=C(OCc1ccccc1)N1[C@H](c2ccccc2)C=CC[S@]1=O. The van der Waals surface area contributed by atoms with Gasteiger partial charge in [-0.05, 0) is 11.1 Å². The van der Waals surface area contributed by atoms with Crippen LogP contribution in [0.4, 0.5) is 4.79 Å². The van der Waals surface area contributed by atoms with E-state index >= 15 is 0 Å². The number of hydrogen-bond acceptors (Lipinski definition) is 3. The molecule has 1 aliphatic rings. The van der Waals surface area contributed by atoms with Crippen molar-refractivity contribution >= 4 is 17.1 Å². The van der Waals surface area contributed by atoms with Gasteiger partial charge in [-0.15, -0.1) is 0 Å². The van der Waals surface area contributed by atoms with E-state index in [1.807, 2.05) is 72.8 Å². The predicted octanol–water partition coefficient (Wildman–Crippen LogP) is 3.60. The van der Waals surface area contributed by atoms with Gasteiger partial charge in [0.1, 0.15) is 17.6 Å². The topological polar surface area (TPSA) is 46.6 Å². The molecule has 3 rings (SSSR count). The first kappa shape index (κ1) is 15.5. The summed E-state index contributed by atoms with van der Waals surface area (Å²) in [5.74, 6) is 0.323. The van der Waals surface area contributed by atoms with Crippen LogP contribution in [0.2, 0.25) is 0 Å². The van der Waals surface area contributed by atoms with Gasteiger partial charge in [0.05, 0.1) is 11.8 Å². The first-order valence-corrected chi connectivity index (χ1v) is 8.63. The Morgan fingerprint density at radius 3 is 2.43 bits per heavy atom. The van der Waals surface area contributed by atoms with Crippen molar-refractivity contribution < 1.29 is 13.7 Å². The van der Waals surface area contributed by atoms with Crippen molar-refractivity contribution in [2.45, 2.75) is 12.6 Å². The lowest BCUT2D eigenvalue weighted by atomic mass is 10.1. The molecule has 4 nitrogen and oxygen atoms in total. The van der Waals surface area contributed by atoms with Crippen molar-refractivity contribution in [1.82, 2.24) is 4.31 Å². The zero-order valence-electron chi connectivity index (χ0n) is 12.5. The molecule has 0 spiro atoms. The average Bonchev–Trinajstić information content (AvgIpc) is 2.61. The second-order valence-electron chi connectivity index (χ2n) is 5.14. The molecule has 2 aromatic rings. The number of carbonyl (C=O) groups is 1. The van der Waals surface area contributed by atoms with Gasteiger partial charge >= 0.3 is 6.09 Å². The number of benzene rings is 2. The standard InChI is InChI=1S/C18H17NO3S/c20-18(22-14-15-8-3-1-4-9-15)19-17(12-7-13-23(19)21)16-10-5-2-6-11-16/h1-12,17H,13-14H2/t17-,23+/m0/s1. The Labute approximate surface area is 138 Å². The summed E-state index contributed by atoms with van der Waals surface area (Å²) in [6.45, 7) is 0.165. The summed E-state index contributed by atoms with van der Waals surface area (Å²) < 4.78 is 19.0. The van der Waals surface area contributed by atoms with Crippen LogP contribution in [0, 0.1) is 0 Å². The summed E-state index contributed by atoms with van der Waals surface area (Å²) in [5.41, 5.74) is 1.81. The molecular weight excluding hydrogens is 310 g/mol. The molecule has 0 aromatic heterocycles. The molecule has 0 bridgehead atoms. The maximum Gasteiger partial charge on any atom is 0.422 e. The van der Waals surface area contributed by atoms with Gasteiger partial charge in [-0.3, -0.25) is 0 Å². The summed E-state index contributed by atoms with van der Waals surface area (Å²) in [7, 11) is -1.42. The number of nitrogens with zero attached hydrogens (tertiary/aromatic N) is 1. The van der Waals surface area contributed by atoms with E-state index in [0.29, 0.717) is 5.75 Å². The average molecular weight is 327 g/mol. The van der Waals surface area contributed by atoms with Crippen LogP contribution in [0.3, 0.4) is 0 Å². The van der Waals surface area contributed by atoms with Crippen LogP contribution < -0.4 is 0 Å². The van der Waals surface area contributed by atoms with Crippen LogP contribution in [0.1, 0.15) is 17.2 Å². The van der Waals surface area contributed by atoms with Gasteiger partial charge in [0, 0.05) is 0 Å². The van der Waals surface area contributed by atoms with E-state index in [1.165, 1.54) is 4.31 Å². The highest BCUT2D eigenvalue weighted by atomic mass is 32.2.